The summed E-state index contributed by atoms with van der Waals surface area (Å²) in [6.07, 6.45) is 0.802. The van der Waals surface area contributed by atoms with Crippen LogP contribution in [0.25, 0.3) is 0 Å². The van der Waals surface area contributed by atoms with Crippen LogP contribution in [0.15, 0.2) is 66.7 Å². The minimum Gasteiger partial charge on any atom is -0.493 e. The van der Waals surface area contributed by atoms with Gasteiger partial charge in [0.05, 0.1) is 7.11 Å². The lowest BCUT2D eigenvalue weighted by Crippen LogP contribution is -2.17. The van der Waals surface area contributed by atoms with Crippen LogP contribution < -0.4 is 14.8 Å². The molecule has 0 atom stereocenters. The van der Waals surface area contributed by atoms with Crippen LogP contribution in [0.3, 0.4) is 0 Å². The van der Waals surface area contributed by atoms with E-state index in [9.17, 15) is 8.78 Å². The third-order valence-corrected chi connectivity index (χ3v) is 4.40. The van der Waals surface area contributed by atoms with E-state index in [4.69, 9.17) is 9.47 Å². The summed E-state index contributed by atoms with van der Waals surface area (Å²) in [7, 11) is 1.60. The number of rotatable bonds is 9. The van der Waals surface area contributed by atoms with Gasteiger partial charge in [0.25, 0.3) is 0 Å². The molecule has 0 aliphatic heterocycles. The summed E-state index contributed by atoms with van der Waals surface area (Å²) in [6, 6.07) is 18.5. The lowest BCUT2D eigenvalue weighted by molar-refractivity contribution is 0.280. The van der Waals surface area contributed by atoms with Gasteiger partial charge in [0.1, 0.15) is 18.2 Å². The van der Waals surface area contributed by atoms with E-state index in [-0.39, 0.29) is 11.6 Å². The molecule has 0 bridgehead atoms. The van der Waals surface area contributed by atoms with E-state index in [1.54, 1.807) is 31.4 Å². The molecule has 0 aliphatic rings. The minimum atomic E-state index is -0.271. The molecule has 3 aromatic rings. The van der Waals surface area contributed by atoms with Crippen molar-refractivity contribution in [2.45, 2.75) is 19.6 Å². The van der Waals surface area contributed by atoms with Crippen molar-refractivity contribution < 1.29 is 18.3 Å². The fourth-order valence-corrected chi connectivity index (χ4v) is 2.87. The van der Waals surface area contributed by atoms with Crippen molar-refractivity contribution in [1.82, 2.24) is 5.32 Å². The normalized spacial score (nSPS) is 10.7. The van der Waals surface area contributed by atoms with E-state index in [0.29, 0.717) is 24.7 Å². The second-order valence-corrected chi connectivity index (χ2v) is 6.42. The largest absolute Gasteiger partial charge is 0.493 e. The molecule has 0 heterocycles. The molecule has 3 rings (SSSR count). The summed E-state index contributed by atoms with van der Waals surface area (Å²) in [5, 5.41) is 3.38. The predicted octanol–water partition coefficient (Wildman–Crippen LogP) is 4.88. The fourth-order valence-electron chi connectivity index (χ4n) is 2.87. The summed E-state index contributed by atoms with van der Waals surface area (Å²) in [6.45, 7) is 1.68. The maximum atomic E-state index is 13.1. The summed E-state index contributed by atoms with van der Waals surface area (Å²) in [5.41, 5.74) is 2.93. The van der Waals surface area contributed by atoms with Gasteiger partial charge in [-0.05, 0) is 54.4 Å². The van der Waals surface area contributed by atoms with E-state index < -0.39 is 0 Å². The van der Waals surface area contributed by atoms with Gasteiger partial charge in [0.15, 0.2) is 11.5 Å². The molecule has 146 valence electrons. The number of para-hydroxylation sites is 1. The molecular weight excluding hydrogens is 360 g/mol. The Hall–Kier alpha value is -2.92. The van der Waals surface area contributed by atoms with E-state index in [0.717, 1.165) is 29.7 Å². The minimum absolute atomic E-state index is 0.226. The molecule has 3 aromatic carbocycles. The zero-order valence-corrected chi connectivity index (χ0v) is 15.8. The molecule has 0 aliphatic carbocycles. The van der Waals surface area contributed by atoms with Gasteiger partial charge in [-0.3, -0.25) is 0 Å². The molecule has 28 heavy (non-hydrogen) atoms. The predicted molar refractivity (Wildman–Crippen MR) is 106 cm³/mol. The molecule has 3 nitrogen and oxygen atoms in total. The third-order valence-electron chi connectivity index (χ3n) is 4.40. The number of halogens is 2. The van der Waals surface area contributed by atoms with E-state index >= 15 is 0 Å². The van der Waals surface area contributed by atoms with E-state index in [2.05, 4.69) is 5.32 Å². The lowest BCUT2D eigenvalue weighted by atomic mass is 10.1. The van der Waals surface area contributed by atoms with Crippen LogP contribution in [0.5, 0.6) is 11.5 Å². The molecule has 0 radical (unpaired) electrons. The Morgan fingerprint density at radius 3 is 2.11 bits per heavy atom. The maximum absolute atomic E-state index is 13.1. The second-order valence-electron chi connectivity index (χ2n) is 6.42. The summed E-state index contributed by atoms with van der Waals surface area (Å²) in [5.74, 6) is 0.826. The van der Waals surface area contributed by atoms with Crippen LogP contribution >= 0.6 is 0 Å². The Labute approximate surface area is 163 Å². The molecule has 1 N–H and O–H groups in total. The van der Waals surface area contributed by atoms with E-state index in [1.807, 2.05) is 18.2 Å². The Balaban J connectivity index is 1.60. The molecule has 0 spiro atoms. The van der Waals surface area contributed by atoms with E-state index in [1.165, 1.54) is 24.3 Å². The van der Waals surface area contributed by atoms with Gasteiger partial charge in [0, 0.05) is 12.1 Å². The highest BCUT2D eigenvalue weighted by molar-refractivity contribution is 5.46. The molecule has 5 heteroatoms. The van der Waals surface area contributed by atoms with Crippen LogP contribution in [-0.4, -0.2) is 13.7 Å². The van der Waals surface area contributed by atoms with Gasteiger partial charge in [-0.25, -0.2) is 8.78 Å². The zero-order chi connectivity index (χ0) is 19.8. The molecule has 0 unspecified atom stereocenters. The summed E-state index contributed by atoms with van der Waals surface area (Å²) in [4.78, 5) is 0. The Morgan fingerprint density at radius 1 is 0.821 bits per heavy atom. The SMILES string of the molecule is COc1cccc(CNCCc2ccc(F)cc2)c1OCc1ccc(F)cc1. The quantitative estimate of drug-likeness (QED) is 0.534. The molecule has 0 aromatic heterocycles. The second kappa shape index (κ2) is 9.85. The number of ether oxygens (including phenoxy) is 2. The number of benzene rings is 3. The van der Waals surface area contributed by atoms with Crippen LogP contribution in [-0.2, 0) is 19.6 Å². The van der Waals surface area contributed by atoms with Crippen LogP contribution in [0.1, 0.15) is 16.7 Å². The first-order valence-corrected chi connectivity index (χ1v) is 9.14. The van der Waals surface area contributed by atoms with Crippen LogP contribution in [0.4, 0.5) is 8.78 Å². The van der Waals surface area contributed by atoms with Crippen LogP contribution in [0.2, 0.25) is 0 Å². The highest BCUT2D eigenvalue weighted by atomic mass is 19.1. The number of hydrogen-bond acceptors (Lipinski definition) is 3. The molecular formula is C23H23F2NO2. The molecule has 0 saturated heterocycles. The van der Waals surface area contributed by atoms with Gasteiger partial charge in [-0.15, -0.1) is 0 Å². The Bertz CT molecular complexity index is 880. The molecule has 0 fully saturated rings. The van der Waals surface area contributed by atoms with Crippen molar-refractivity contribution in [2.24, 2.45) is 0 Å². The molecule has 0 saturated carbocycles. The van der Waals surface area contributed by atoms with Gasteiger partial charge in [0.2, 0.25) is 0 Å². The third kappa shape index (κ3) is 5.54. The highest BCUT2D eigenvalue weighted by Gasteiger charge is 2.11. The Kier molecular flexibility index (Phi) is 6.98. The van der Waals surface area contributed by atoms with Gasteiger partial charge < -0.3 is 14.8 Å². The first kappa shape index (κ1) is 19.8. The van der Waals surface area contributed by atoms with Crippen molar-refractivity contribution in [3.05, 3.63) is 95.1 Å². The topological polar surface area (TPSA) is 30.5 Å². The Morgan fingerprint density at radius 2 is 1.46 bits per heavy atom. The number of hydrogen-bond donors (Lipinski definition) is 1. The number of nitrogens with one attached hydrogen (secondary N) is 1. The average Bonchev–Trinajstić information content (AvgIpc) is 2.72. The lowest BCUT2D eigenvalue weighted by Gasteiger charge is -2.16. The average molecular weight is 383 g/mol. The first-order valence-electron chi connectivity index (χ1n) is 9.14. The maximum Gasteiger partial charge on any atom is 0.166 e. The van der Waals surface area contributed by atoms with Gasteiger partial charge >= 0.3 is 0 Å². The zero-order valence-electron chi connectivity index (χ0n) is 15.8. The van der Waals surface area contributed by atoms with Gasteiger partial charge in [-0.1, -0.05) is 36.4 Å². The van der Waals surface area contributed by atoms with Crippen molar-refractivity contribution in [1.29, 1.82) is 0 Å². The van der Waals surface area contributed by atoms with Crippen LogP contribution in [0, 0.1) is 11.6 Å². The van der Waals surface area contributed by atoms with Gasteiger partial charge in [-0.2, -0.15) is 0 Å². The summed E-state index contributed by atoms with van der Waals surface area (Å²) < 4.78 is 37.4. The van der Waals surface area contributed by atoms with Crippen molar-refractivity contribution in [3.8, 4) is 11.5 Å². The first-order chi connectivity index (χ1) is 13.7. The monoisotopic (exact) mass is 383 g/mol. The van der Waals surface area contributed by atoms with Crippen molar-refractivity contribution >= 4 is 0 Å². The number of methoxy groups -OCH3 is 1. The molecule has 0 amide bonds. The van der Waals surface area contributed by atoms with Crippen molar-refractivity contribution in [3.63, 3.8) is 0 Å². The summed E-state index contributed by atoms with van der Waals surface area (Å²) >= 11 is 0. The highest BCUT2D eigenvalue weighted by Crippen LogP contribution is 2.31. The fraction of sp³-hybridized carbons (Fsp3) is 0.217. The van der Waals surface area contributed by atoms with Crippen molar-refractivity contribution in [2.75, 3.05) is 13.7 Å². The standard InChI is InChI=1S/C23H23F2NO2/c1-27-22-4-2-3-19(15-26-14-13-17-5-9-20(24)10-6-17)23(22)28-16-18-7-11-21(25)12-8-18/h2-12,26H,13-16H2,1H3. The smallest absolute Gasteiger partial charge is 0.166 e.